The van der Waals surface area contributed by atoms with Crippen molar-refractivity contribution in [3.8, 4) is 0 Å². The highest BCUT2D eigenvalue weighted by Crippen LogP contribution is 2.17. The van der Waals surface area contributed by atoms with E-state index in [1.807, 2.05) is 37.3 Å². The Balaban J connectivity index is 2.49. The van der Waals surface area contributed by atoms with Crippen LogP contribution in [0.5, 0.6) is 0 Å². The number of carbonyl (C=O) groups is 2. The third kappa shape index (κ3) is 8.11. The lowest BCUT2D eigenvalue weighted by molar-refractivity contribution is -0.139. The van der Waals surface area contributed by atoms with E-state index < -0.39 is 0 Å². The first-order valence-corrected chi connectivity index (χ1v) is 8.54. The summed E-state index contributed by atoms with van der Waals surface area (Å²) in [7, 11) is 1.37. The first-order valence-electron chi connectivity index (χ1n) is 8.54. The van der Waals surface area contributed by atoms with E-state index in [9.17, 15) is 9.59 Å². The van der Waals surface area contributed by atoms with Crippen LogP contribution in [0.25, 0.3) is 0 Å². The van der Waals surface area contributed by atoms with Crippen LogP contribution < -0.4 is 10.6 Å². The molecule has 1 amide bonds. The smallest absolute Gasteiger partial charge is 0.319 e. The van der Waals surface area contributed by atoms with Gasteiger partial charge in [-0.2, -0.15) is 0 Å². The number of nitrogens with one attached hydrogen (secondary N) is 2. The van der Waals surface area contributed by atoms with Crippen molar-refractivity contribution in [1.82, 2.24) is 10.6 Å². The number of hydrogen-bond donors (Lipinski definition) is 2. The number of benzene rings is 1. The summed E-state index contributed by atoms with van der Waals surface area (Å²) in [6.45, 7) is 7.06. The van der Waals surface area contributed by atoms with Gasteiger partial charge in [0.15, 0.2) is 0 Å². The van der Waals surface area contributed by atoms with E-state index in [0.29, 0.717) is 18.9 Å². The topological polar surface area (TPSA) is 67.4 Å². The van der Waals surface area contributed by atoms with Crippen molar-refractivity contribution >= 4 is 11.9 Å². The first kappa shape index (κ1) is 20.2. The van der Waals surface area contributed by atoms with Crippen LogP contribution in [0.3, 0.4) is 0 Å². The van der Waals surface area contributed by atoms with Gasteiger partial charge >= 0.3 is 5.97 Å². The zero-order valence-corrected chi connectivity index (χ0v) is 15.2. The fourth-order valence-corrected chi connectivity index (χ4v) is 2.74. The molecular weight excluding hydrogens is 304 g/mol. The Bertz CT molecular complexity index is 503. The number of methoxy groups -OCH3 is 1. The van der Waals surface area contributed by atoms with Crippen LogP contribution in [0.4, 0.5) is 0 Å². The quantitative estimate of drug-likeness (QED) is 0.646. The zero-order chi connectivity index (χ0) is 17.9. The molecule has 5 heteroatoms. The second-order valence-corrected chi connectivity index (χ2v) is 6.61. The van der Waals surface area contributed by atoms with Crippen molar-refractivity contribution in [3.63, 3.8) is 0 Å². The lowest BCUT2D eigenvalue weighted by Gasteiger charge is -2.21. The number of rotatable bonds is 10. The van der Waals surface area contributed by atoms with E-state index in [4.69, 9.17) is 0 Å². The molecule has 0 aliphatic heterocycles. The van der Waals surface area contributed by atoms with Crippen LogP contribution >= 0.6 is 0 Å². The molecular formula is C19H30N2O3. The summed E-state index contributed by atoms with van der Waals surface area (Å²) in [5.74, 6) is 0.434. The Morgan fingerprint density at radius 3 is 2.38 bits per heavy atom. The van der Waals surface area contributed by atoms with Crippen LogP contribution in [-0.4, -0.2) is 32.1 Å². The molecule has 0 heterocycles. The molecule has 0 fully saturated rings. The van der Waals surface area contributed by atoms with Gasteiger partial charge in [0.05, 0.1) is 19.7 Å². The number of carbonyl (C=O) groups excluding carboxylic acids is 2. The average Bonchev–Trinajstić information content (AvgIpc) is 2.54. The molecule has 0 bridgehead atoms. The van der Waals surface area contributed by atoms with Crippen molar-refractivity contribution in [1.29, 1.82) is 0 Å². The summed E-state index contributed by atoms with van der Waals surface area (Å²) in [5.41, 5.74) is 1.09. The summed E-state index contributed by atoms with van der Waals surface area (Å²) >= 11 is 0. The molecule has 1 aromatic carbocycles. The van der Waals surface area contributed by atoms with Crippen molar-refractivity contribution in [2.24, 2.45) is 11.8 Å². The largest absolute Gasteiger partial charge is 0.468 e. The molecule has 1 rings (SSSR count). The molecule has 2 N–H and O–H groups in total. The van der Waals surface area contributed by atoms with Gasteiger partial charge in [-0.25, -0.2) is 0 Å². The van der Waals surface area contributed by atoms with Crippen LogP contribution in [0.1, 0.15) is 45.2 Å². The average molecular weight is 334 g/mol. The summed E-state index contributed by atoms with van der Waals surface area (Å²) in [5, 5.41) is 6.13. The van der Waals surface area contributed by atoms with Crippen molar-refractivity contribution in [2.45, 2.75) is 39.7 Å². The molecule has 2 atom stereocenters. The molecule has 0 aromatic heterocycles. The third-order valence-electron chi connectivity index (χ3n) is 3.89. The maximum absolute atomic E-state index is 12.3. The summed E-state index contributed by atoms with van der Waals surface area (Å²) < 4.78 is 4.62. The van der Waals surface area contributed by atoms with E-state index in [1.165, 1.54) is 7.11 Å². The van der Waals surface area contributed by atoms with Gasteiger partial charge in [0.25, 0.3) is 0 Å². The fraction of sp³-hybridized carbons (Fsp3) is 0.579. The van der Waals surface area contributed by atoms with E-state index in [1.54, 1.807) is 0 Å². The van der Waals surface area contributed by atoms with E-state index in [2.05, 4.69) is 29.2 Å². The Kier molecular flexibility index (Phi) is 9.08. The van der Waals surface area contributed by atoms with Gasteiger partial charge in [0.1, 0.15) is 0 Å². The van der Waals surface area contributed by atoms with Gasteiger partial charge in [-0.3, -0.25) is 9.59 Å². The van der Waals surface area contributed by atoms with Crippen molar-refractivity contribution in [2.75, 3.05) is 20.2 Å². The lowest BCUT2D eigenvalue weighted by atomic mass is 9.93. The molecule has 0 radical (unpaired) electrons. The standard InChI is InChI=1S/C19H30N2O3/c1-14(2)10-16(12-20-13-19(23)24-4)11-18(22)21-15(3)17-8-6-5-7-9-17/h5-9,14-16,20H,10-13H2,1-4H3,(H,21,22)/t15-,16-/m0/s1. The van der Waals surface area contributed by atoms with Crippen LogP contribution in [0, 0.1) is 11.8 Å². The van der Waals surface area contributed by atoms with Gasteiger partial charge in [0.2, 0.25) is 5.91 Å². The second-order valence-electron chi connectivity index (χ2n) is 6.61. The minimum Gasteiger partial charge on any atom is -0.468 e. The molecule has 0 aliphatic carbocycles. The highest BCUT2D eigenvalue weighted by atomic mass is 16.5. The number of esters is 1. The summed E-state index contributed by atoms with van der Waals surface area (Å²) in [6, 6.07) is 9.90. The van der Waals surface area contributed by atoms with E-state index in [0.717, 1.165) is 12.0 Å². The molecule has 134 valence electrons. The van der Waals surface area contributed by atoms with Crippen LogP contribution in [0.2, 0.25) is 0 Å². The molecule has 0 aliphatic rings. The van der Waals surface area contributed by atoms with Gasteiger partial charge in [-0.05, 0) is 37.3 Å². The number of ether oxygens (including phenoxy) is 1. The Labute approximate surface area is 145 Å². The maximum atomic E-state index is 12.3. The molecule has 1 aromatic rings. The van der Waals surface area contributed by atoms with Crippen LogP contribution in [-0.2, 0) is 14.3 Å². The van der Waals surface area contributed by atoms with Crippen LogP contribution in [0.15, 0.2) is 30.3 Å². The Morgan fingerprint density at radius 1 is 1.12 bits per heavy atom. The summed E-state index contributed by atoms with van der Waals surface area (Å²) in [4.78, 5) is 23.5. The van der Waals surface area contributed by atoms with Gasteiger partial charge in [-0.15, -0.1) is 0 Å². The molecule has 24 heavy (non-hydrogen) atoms. The molecule has 0 spiro atoms. The predicted octanol–water partition coefficient (Wildman–Crippen LogP) is 2.68. The zero-order valence-electron chi connectivity index (χ0n) is 15.2. The number of amides is 1. The normalized spacial score (nSPS) is 13.4. The van der Waals surface area contributed by atoms with Gasteiger partial charge in [0, 0.05) is 6.42 Å². The van der Waals surface area contributed by atoms with E-state index >= 15 is 0 Å². The van der Waals surface area contributed by atoms with E-state index in [-0.39, 0.29) is 30.4 Å². The minimum absolute atomic E-state index is 0.0126. The lowest BCUT2D eigenvalue weighted by Crippen LogP contribution is -2.34. The maximum Gasteiger partial charge on any atom is 0.319 e. The predicted molar refractivity (Wildman–Crippen MR) is 95.4 cm³/mol. The second kappa shape index (κ2) is 10.8. The molecule has 0 saturated carbocycles. The minimum atomic E-state index is -0.291. The highest BCUT2D eigenvalue weighted by Gasteiger charge is 2.17. The summed E-state index contributed by atoms with van der Waals surface area (Å²) in [6.07, 6.45) is 1.38. The van der Waals surface area contributed by atoms with Crippen molar-refractivity contribution < 1.29 is 14.3 Å². The molecule has 0 saturated heterocycles. The van der Waals surface area contributed by atoms with Gasteiger partial charge in [-0.1, -0.05) is 44.2 Å². The fourth-order valence-electron chi connectivity index (χ4n) is 2.74. The number of hydrogen-bond acceptors (Lipinski definition) is 4. The molecule has 0 unspecified atom stereocenters. The van der Waals surface area contributed by atoms with Crippen molar-refractivity contribution in [3.05, 3.63) is 35.9 Å². The third-order valence-corrected chi connectivity index (χ3v) is 3.89. The SMILES string of the molecule is COC(=O)CNC[C@H](CC(=O)N[C@@H](C)c1ccccc1)CC(C)C. The monoisotopic (exact) mass is 334 g/mol. The Hall–Kier alpha value is -1.88. The van der Waals surface area contributed by atoms with Gasteiger partial charge < -0.3 is 15.4 Å². The Morgan fingerprint density at radius 2 is 1.79 bits per heavy atom. The molecule has 5 nitrogen and oxygen atoms in total. The highest BCUT2D eigenvalue weighted by molar-refractivity contribution is 5.76. The first-order chi connectivity index (χ1) is 11.4.